The van der Waals surface area contributed by atoms with E-state index in [0.717, 1.165) is 25.3 Å². The average molecular weight is 264 g/mol. The molecular weight excluding hydrogens is 248 g/mol. The monoisotopic (exact) mass is 264 g/mol. The molecule has 17 heavy (non-hydrogen) atoms. The summed E-state index contributed by atoms with van der Waals surface area (Å²) in [6, 6.07) is 4.25. The minimum atomic E-state index is 0.782. The highest BCUT2D eigenvalue weighted by atomic mass is 32.1. The van der Waals surface area contributed by atoms with E-state index in [1.165, 1.54) is 33.3 Å². The van der Waals surface area contributed by atoms with Crippen LogP contribution in [0.25, 0.3) is 9.88 Å². The summed E-state index contributed by atoms with van der Waals surface area (Å²) in [5.41, 5.74) is 6.99. The van der Waals surface area contributed by atoms with E-state index in [1.807, 2.05) is 11.3 Å². The largest absolute Gasteiger partial charge is 0.330 e. The minimum absolute atomic E-state index is 0.782. The molecule has 4 heteroatoms. The number of hydrogen-bond acceptors (Lipinski definition) is 4. The SMILES string of the molecule is NCCC1CCc2nc(-c3cccs3)sc2C1. The van der Waals surface area contributed by atoms with Crippen LogP contribution in [0.15, 0.2) is 17.5 Å². The molecule has 90 valence electrons. The van der Waals surface area contributed by atoms with Gasteiger partial charge >= 0.3 is 0 Å². The molecule has 0 saturated carbocycles. The zero-order chi connectivity index (χ0) is 11.7. The highest BCUT2D eigenvalue weighted by molar-refractivity contribution is 7.21. The average Bonchev–Trinajstić information content (AvgIpc) is 2.97. The fourth-order valence-corrected chi connectivity index (χ4v) is 4.45. The molecule has 1 unspecified atom stereocenters. The summed E-state index contributed by atoms with van der Waals surface area (Å²) in [7, 11) is 0. The molecule has 1 aliphatic carbocycles. The highest BCUT2D eigenvalue weighted by Crippen LogP contribution is 2.36. The van der Waals surface area contributed by atoms with Gasteiger partial charge in [-0.2, -0.15) is 0 Å². The number of nitrogens with zero attached hydrogens (tertiary/aromatic N) is 1. The molecule has 0 spiro atoms. The van der Waals surface area contributed by atoms with Gasteiger partial charge in [-0.25, -0.2) is 4.98 Å². The van der Waals surface area contributed by atoms with Crippen LogP contribution in [0.2, 0.25) is 0 Å². The number of thiazole rings is 1. The van der Waals surface area contributed by atoms with Crippen molar-refractivity contribution in [2.75, 3.05) is 6.54 Å². The number of aryl methyl sites for hydroxylation is 1. The van der Waals surface area contributed by atoms with Crippen molar-refractivity contribution in [2.45, 2.75) is 25.7 Å². The maximum absolute atomic E-state index is 5.65. The summed E-state index contributed by atoms with van der Waals surface area (Å²) < 4.78 is 0. The summed E-state index contributed by atoms with van der Waals surface area (Å²) in [5, 5.41) is 3.32. The number of hydrogen-bond donors (Lipinski definition) is 1. The van der Waals surface area contributed by atoms with Gasteiger partial charge in [0, 0.05) is 4.88 Å². The lowest BCUT2D eigenvalue weighted by molar-refractivity contribution is 0.434. The number of nitrogens with two attached hydrogens (primary N) is 1. The number of fused-ring (bicyclic) bond motifs is 1. The van der Waals surface area contributed by atoms with Crippen molar-refractivity contribution >= 4 is 22.7 Å². The Labute approximate surface area is 110 Å². The number of thiophene rings is 1. The van der Waals surface area contributed by atoms with E-state index in [9.17, 15) is 0 Å². The molecule has 0 amide bonds. The van der Waals surface area contributed by atoms with Gasteiger partial charge < -0.3 is 5.73 Å². The van der Waals surface area contributed by atoms with Crippen molar-refractivity contribution < 1.29 is 0 Å². The zero-order valence-electron chi connectivity index (χ0n) is 9.69. The van der Waals surface area contributed by atoms with Crippen LogP contribution in [0.3, 0.4) is 0 Å². The van der Waals surface area contributed by atoms with Crippen LogP contribution < -0.4 is 5.73 Å². The Morgan fingerprint density at radius 1 is 1.47 bits per heavy atom. The van der Waals surface area contributed by atoms with Crippen molar-refractivity contribution in [1.29, 1.82) is 0 Å². The predicted octanol–water partition coefficient (Wildman–Crippen LogP) is 3.33. The van der Waals surface area contributed by atoms with E-state index in [4.69, 9.17) is 10.7 Å². The summed E-state index contributed by atoms with van der Waals surface area (Å²) in [5.74, 6) is 0.782. The Morgan fingerprint density at radius 2 is 2.41 bits per heavy atom. The van der Waals surface area contributed by atoms with E-state index < -0.39 is 0 Å². The lowest BCUT2D eigenvalue weighted by atomic mass is 9.89. The van der Waals surface area contributed by atoms with Crippen LogP contribution >= 0.6 is 22.7 Å². The quantitative estimate of drug-likeness (QED) is 0.923. The fourth-order valence-electron chi connectivity index (χ4n) is 2.43. The van der Waals surface area contributed by atoms with Gasteiger partial charge in [0.2, 0.25) is 0 Å². The molecule has 1 atom stereocenters. The Kier molecular flexibility index (Phi) is 3.27. The molecule has 0 bridgehead atoms. The lowest BCUT2D eigenvalue weighted by Crippen LogP contribution is -2.16. The van der Waals surface area contributed by atoms with E-state index in [2.05, 4.69) is 17.5 Å². The Hall–Kier alpha value is -0.710. The number of rotatable bonds is 3. The molecule has 1 aliphatic rings. The molecule has 2 aromatic heterocycles. The normalized spacial score (nSPS) is 19.2. The third-order valence-electron chi connectivity index (χ3n) is 3.35. The third kappa shape index (κ3) is 2.30. The topological polar surface area (TPSA) is 38.9 Å². The molecule has 2 nitrogen and oxygen atoms in total. The Bertz CT molecular complexity index is 487. The van der Waals surface area contributed by atoms with Gasteiger partial charge in [0.15, 0.2) is 0 Å². The van der Waals surface area contributed by atoms with E-state index in [-0.39, 0.29) is 0 Å². The molecule has 2 heterocycles. The molecule has 0 radical (unpaired) electrons. The molecule has 0 fully saturated rings. The van der Waals surface area contributed by atoms with Gasteiger partial charge in [0.1, 0.15) is 5.01 Å². The molecule has 0 saturated heterocycles. The van der Waals surface area contributed by atoms with Crippen molar-refractivity contribution in [3.8, 4) is 9.88 Å². The number of aromatic nitrogens is 1. The first-order chi connectivity index (χ1) is 8.36. The molecule has 3 rings (SSSR count). The highest BCUT2D eigenvalue weighted by Gasteiger charge is 2.22. The van der Waals surface area contributed by atoms with Crippen molar-refractivity contribution in [3.63, 3.8) is 0 Å². The van der Waals surface area contributed by atoms with Gasteiger partial charge in [-0.1, -0.05) is 6.07 Å². The molecule has 0 aliphatic heterocycles. The van der Waals surface area contributed by atoms with Gasteiger partial charge in [-0.3, -0.25) is 0 Å². The standard InChI is InChI=1S/C13H16N2S2/c14-6-5-9-3-4-10-12(8-9)17-13(15-10)11-2-1-7-16-11/h1-2,7,9H,3-6,8,14H2. The van der Waals surface area contributed by atoms with Gasteiger partial charge in [-0.15, -0.1) is 22.7 Å². The minimum Gasteiger partial charge on any atom is -0.330 e. The Morgan fingerprint density at radius 3 is 3.18 bits per heavy atom. The molecular formula is C13H16N2S2. The summed E-state index contributed by atoms with van der Waals surface area (Å²) in [4.78, 5) is 7.59. The van der Waals surface area contributed by atoms with Crippen molar-refractivity contribution in [1.82, 2.24) is 4.98 Å². The third-order valence-corrected chi connectivity index (χ3v) is 5.51. The van der Waals surface area contributed by atoms with Crippen LogP contribution in [0.5, 0.6) is 0 Å². The smallest absolute Gasteiger partial charge is 0.133 e. The zero-order valence-corrected chi connectivity index (χ0v) is 11.3. The lowest BCUT2D eigenvalue weighted by Gasteiger charge is -2.19. The van der Waals surface area contributed by atoms with E-state index in [1.54, 1.807) is 11.3 Å². The maximum Gasteiger partial charge on any atom is 0.133 e. The van der Waals surface area contributed by atoms with Gasteiger partial charge in [0.25, 0.3) is 0 Å². The predicted molar refractivity (Wildman–Crippen MR) is 74.6 cm³/mol. The summed E-state index contributed by atoms with van der Waals surface area (Å²) in [6.45, 7) is 0.816. The maximum atomic E-state index is 5.65. The van der Waals surface area contributed by atoms with Gasteiger partial charge in [0.05, 0.1) is 10.6 Å². The fraction of sp³-hybridized carbons (Fsp3) is 0.462. The van der Waals surface area contributed by atoms with Crippen LogP contribution in [0, 0.1) is 5.92 Å². The molecule has 0 aromatic carbocycles. The van der Waals surface area contributed by atoms with E-state index in [0.29, 0.717) is 0 Å². The molecule has 2 N–H and O–H groups in total. The summed E-state index contributed by atoms with van der Waals surface area (Å²) >= 11 is 3.66. The first-order valence-electron chi connectivity index (χ1n) is 6.09. The van der Waals surface area contributed by atoms with Crippen LogP contribution in [-0.2, 0) is 12.8 Å². The van der Waals surface area contributed by atoms with Crippen LogP contribution in [-0.4, -0.2) is 11.5 Å². The first kappa shape index (κ1) is 11.4. The summed E-state index contributed by atoms with van der Waals surface area (Å²) in [6.07, 6.45) is 4.75. The van der Waals surface area contributed by atoms with Gasteiger partial charge in [-0.05, 0) is 49.6 Å². The first-order valence-corrected chi connectivity index (χ1v) is 7.79. The molecule has 2 aromatic rings. The van der Waals surface area contributed by atoms with Crippen molar-refractivity contribution in [2.24, 2.45) is 11.7 Å². The van der Waals surface area contributed by atoms with Crippen LogP contribution in [0.4, 0.5) is 0 Å². The van der Waals surface area contributed by atoms with Crippen molar-refractivity contribution in [3.05, 3.63) is 28.1 Å². The van der Waals surface area contributed by atoms with E-state index >= 15 is 0 Å². The second-order valence-electron chi connectivity index (χ2n) is 4.55. The second kappa shape index (κ2) is 4.88. The van der Waals surface area contributed by atoms with Crippen LogP contribution in [0.1, 0.15) is 23.4 Å². The second-order valence-corrected chi connectivity index (χ2v) is 6.58. The Balaban J connectivity index is 1.84.